The Labute approximate surface area is 195 Å². The predicted octanol–water partition coefficient (Wildman–Crippen LogP) is 6.47. The van der Waals surface area contributed by atoms with Gasteiger partial charge in [0.15, 0.2) is 0 Å². The van der Waals surface area contributed by atoms with Crippen LogP contribution in [0.4, 0.5) is 11.4 Å². The number of H-pyrrole nitrogens is 1. The third kappa shape index (κ3) is 3.09. The lowest BCUT2D eigenvalue weighted by Gasteiger charge is -2.14. The number of nitrogens with two attached hydrogens (primary N) is 1. The molecule has 164 valence electrons. The Kier molecular flexibility index (Phi) is 4.44. The second kappa shape index (κ2) is 7.27. The van der Waals surface area contributed by atoms with E-state index in [2.05, 4.69) is 34.0 Å². The molecule has 0 aliphatic heterocycles. The van der Waals surface area contributed by atoms with Crippen LogP contribution in [0, 0.1) is 0 Å². The Morgan fingerprint density at radius 1 is 0.970 bits per heavy atom. The number of sulfonamides is 1. The third-order valence-corrected chi connectivity index (χ3v) is 8.07. The Balaban J connectivity index is 1.64. The first-order valence-corrected chi connectivity index (χ1v) is 12.5. The molecule has 1 aromatic heterocycles. The summed E-state index contributed by atoms with van der Waals surface area (Å²) in [7, 11) is -3.96. The van der Waals surface area contributed by atoms with Gasteiger partial charge >= 0.3 is 0 Å². The van der Waals surface area contributed by atoms with Crippen molar-refractivity contribution >= 4 is 71.7 Å². The van der Waals surface area contributed by atoms with E-state index in [0.29, 0.717) is 5.69 Å². The quantitative estimate of drug-likeness (QED) is 0.262. The van der Waals surface area contributed by atoms with Crippen molar-refractivity contribution in [2.24, 2.45) is 0 Å². The van der Waals surface area contributed by atoms with E-state index in [9.17, 15) is 8.42 Å². The summed E-state index contributed by atoms with van der Waals surface area (Å²) in [6.45, 7) is 0. The summed E-state index contributed by atoms with van der Waals surface area (Å²) in [5.74, 6) is 0. The van der Waals surface area contributed by atoms with Crippen LogP contribution in [0.15, 0.2) is 71.6 Å². The molecule has 1 aliphatic rings. The number of benzene rings is 4. The Hall–Kier alpha value is -3.48. The predicted molar refractivity (Wildman–Crippen MR) is 137 cm³/mol. The van der Waals surface area contributed by atoms with Gasteiger partial charge in [-0.2, -0.15) is 0 Å². The molecule has 7 heteroatoms. The van der Waals surface area contributed by atoms with E-state index >= 15 is 0 Å². The summed E-state index contributed by atoms with van der Waals surface area (Å²) >= 11 is 6.09. The van der Waals surface area contributed by atoms with Crippen LogP contribution in [-0.4, -0.2) is 13.4 Å². The molecule has 4 N–H and O–H groups in total. The molecule has 1 heterocycles. The largest absolute Gasteiger partial charge is 0.396 e. The fraction of sp³-hybridized carbons (Fsp3) is 0.0769. The SMILES string of the molecule is Nc1c(Cl)cccc1S(=O)(=O)Nc1cc2c([nH]c3ccc4c(c32)C=CCC4)c2ccccc12. The number of anilines is 2. The molecule has 4 aromatic carbocycles. The molecule has 0 saturated carbocycles. The lowest BCUT2D eigenvalue weighted by Crippen LogP contribution is -2.15. The van der Waals surface area contributed by atoms with E-state index in [1.54, 1.807) is 12.1 Å². The fourth-order valence-corrected chi connectivity index (χ4v) is 6.24. The van der Waals surface area contributed by atoms with Crippen molar-refractivity contribution in [3.05, 3.63) is 82.9 Å². The molecular weight excluding hydrogens is 454 g/mol. The van der Waals surface area contributed by atoms with Crippen molar-refractivity contribution in [2.75, 3.05) is 10.5 Å². The standard InChI is InChI=1S/C26H20ClN3O2S/c27-20-10-5-11-23(25(20)28)33(31,32)30-22-14-19-24-16-7-2-1-6-15(16)12-13-21(24)29-26(19)18-9-4-3-8-17(18)22/h2-5,7-14,29-30H,1,6,28H2. The minimum Gasteiger partial charge on any atom is -0.396 e. The average molecular weight is 474 g/mol. The van der Waals surface area contributed by atoms with Crippen LogP contribution < -0.4 is 10.5 Å². The van der Waals surface area contributed by atoms with E-state index in [4.69, 9.17) is 17.3 Å². The number of aromatic nitrogens is 1. The van der Waals surface area contributed by atoms with E-state index in [1.165, 1.54) is 17.2 Å². The van der Waals surface area contributed by atoms with E-state index in [0.717, 1.165) is 45.4 Å². The molecule has 6 rings (SSSR count). The van der Waals surface area contributed by atoms with Gasteiger partial charge in [0.2, 0.25) is 0 Å². The van der Waals surface area contributed by atoms with Gasteiger partial charge in [0.05, 0.1) is 21.9 Å². The molecule has 0 amide bonds. The molecule has 0 fully saturated rings. The highest BCUT2D eigenvalue weighted by Crippen LogP contribution is 2.40. The molecule has 0 atom stereocenters. The lowest BCUT2D eigenvalue weighted by molar-refractivity contribution is 0.601. The van der Waals surface area contributed by atoms with Gasteiger partial charge < -0.3 is 10.7 Å². The Morgan fingerprint density at radius 2 is 1.79 bits per heavy atom. The average Bonchev–Trinajstić information content (AvgIpc) is 3.20. The minimum absolute atomic E-state index is 0.0309. The normalized spacial score (nSPS) is 13.6. The van der Waals surface area contributed by atoms with Gasteiger partial charge in [-0.3, -0.25) is 4.72 Å². The molecule has 0 spiro atoms. The van der Waals surface area contributed by atoms with Gasteiger partial charge in [0.1, 0.15) is 4.90 Å². The number of hydrogen-bond acceptors (Lipinski definition) is 3. The summed E-state index contributed by atoms with van der Waals surface area (Å²) in [6.07, 6.45) is 6.37. The number of allylic oxidation sites excluding steroid dienone is 1. The molecule has 1 aliphatic carbocycles. The second-order valence-electron chi connectivity index (χ2n) is 8.28. The number of fused-ring (bicyclic) bond motifs is 7. The van der Waals surface area contributed by atoms with Crippen LogP contribution in [0.5, 0.6) is 0 Å². The summed E-state index contributed by atoms with van der Waals surface area (Å²) in [4.78, 5) is 3.52. The molecule has 5 nitrogen and oxygen atoms in total. The maximum atomic E-state index is 13.3. The molecular formula is C26H20ClN3O2S. The van der Waals surface area contributed by atoms with E-state index in [1.807, 2.05) is 30.3 Å². The van der Waals surface area contributed by atoms with Gasteiger partial charge in [-0.05, 0) is 48.2 Å². The number of halogens is 1. The van der Waals surface area contributed by atoms with Crippen LogP contribution in [0.3, 0.4) is 0 Å². The van der Waals surface area contributed by atoms with Crippen LogP contribution >= 0.6 is 11.6 Å². The monoisotopic (exact) mass is 473 g/mol. The van der Waals surface area contributed by atoms with Crippen LogP contribution in [0.1, 0.15) is 17.5 Å². The summed E-state index contributed by atoms with van der Waals surface area (Å²) < 4.78 is 29.4. The first-order valence-electron chi connectivity index (χ1n) is 10.7. The summed E-state index contributed by atoms with van der Waals surface area (Å²) in [5.41, 5.74) is 11.0. The first-order chi connectivity index (χ1) is 15.9. The highest BCUT2D eigenvalue weighted by molar-refractivity contribution is 7.93. The number of hydrogen-bond donors (Lipinski definition) is 3. The van der Waals surface area contributed by atoms with Gasteiger partial charge in [-0.25, -0.2) is 8.42 Å². The Morgan fingerprint density at radius 3 is 2.64 bits per heavy atom. The maximum Gasteiger partial charge on any atom is 0.264 e. The van der Waals surface area contributed by atoms with Gasteiger partial charge in [-0.1, -0.05) is 60.2 Å². The van der Waals surface area contributed by atoms with Gasteiger partial charge in [0.25, 0.3) is 10.0 Å². The van der Waals surface area contributed by atoms with Crippen molar-refractivity contribution < 1.29 is 8.42 Å². The number of rotatable bonds is 3. The number of para-hydroxylation sites is 1. The number of aryl methyl sites for hydroxylation is 1. The third-order valence-electron chi connectivity index (χ3n) is 6.32. The number of nitrogens with one attached hydrogen (secondary N) is 2. The lowest BCUT2D eigenvalue weighted by atomic mass is 9.93. The minimum atomic E-state index is -3.96. The van der Waals surface area contributed by atoms with Crippen molar-refractivity contribution in [1.82, 2.24) is 4.98 Å². The van der Waals surface area contributed by atoms with Gasteiger partial charge in [-0.15, -0.1) is 0 Å². The van der Waals surface area contributed by atoms with E-state index < -0.39 is 10.0 Å². The van der Waals surface area contributed by atoms with Crippen molar-refractivity contribution in [3.63, 3.8) is 0 Å². The zero-order valence-corrected chi connectivity index (χ0v) is 19.1. The highest BCUT2D eigenvalue weighted by atomic mass is 35.5. The zero-order chi connectivity index (χ0) is 22.7. The maximum absolute atomic E-state index is 13.3. The summed E-state index contributed by atoms with van der Waals surface area (Å²) in [6, 6.07) is 18.6. The highest BCUT2D eigenvalue weighted by Gasteiger charge is 2.22. The Bertz CT molecular complexity index is 1740. The van der Waals surface area contributed by atoms with E-state index in [-0.39, 0.29) is 15.6 Å². The van der Waals surface area contributed by atoms with Crippen molar-refractivity contribution in [3.8, 4) is 0 Å². The number of aromatic amines is 1. The molecule has 0 radical (unpaired) electrons. The van der Waals surface area contributed by atoms with Crippen LogP contribution in [-0.2, 0) is 16.4 Å². The topological polar surface area (TPSA) is 88.0 Å². The van der Waals surface area contributed by atoms with Crippen molar-refractivity contribution in [1.29, 1.82) is 0 Å². The summed E-state index contributed by atoms with van der Waals surface area (Å²) in [5, 5.41) is 4.02. The molecule has 5 aromatic rings. The first kappa shape index (κ1) is 20.1. The van der Waals surface area contributed by atoms with Gasteiger partial charge in [0, 0.05) is 27.1 Å². The van der Waals surface area contributed by atoms with Crippen LogP contribution in [0.2, 0.25) is 5.02 Å². The second-order valence-corrected chi connectivity index (χ2v) is 10.3. The molecule has 0 unspecified atom stereocenters. The molecule has 0 saturated heterocycles. The molecule has 33 heavy (non-hydrogen) atoms. The van der Waals surface area contributed by atoms with Crippen LogP contribution in [0.25, 0.3) is 38.7 Å². The number of nitrogen functional groups attached to an aromatic ring is 1. The smallest absolute Gasteiger partial charge is 0.264 e. The fourth-order valence-electron chi connectivity index (χ4n) is 4.78. The molecule has 0 bridgehead atoms. The van der Waals surface area contributed by atoms with Crippen molar-refractivity contribution in [2.45, 2.75) is 17.7 Å². The zero-order valence-electron chi connectivity index (χ0n) is 17.5.